The molecule has 24 heavy (non-hydrogen) atoms. The number of alkyl halides is 2. The normalized spacial score (nSPS) is 19.4. The fraction of sp³-hybridized carbons (Fsp3) is 0.222. The Morgan fingerprint density at radius 2 is 1.88 bits per heavy atom. The van der Waals surface area contributed by atoms with Crippen molar-refractivity contribution in [3.8, 4) is 0 Å². The summed E-state index contributed by atoms with van der Waals surface area (Å²) in [6.45, 7) is -0.175. The van der Waals surface area contributed by atoms with Crippen LogP contribution in [0.1, 0.15) is 21.5 Å². The molecule has 124 valence electrons. The van der Waals surface area contributed by atoms with Crippen LogP contribution in [-0.4, -0.2) is 18.2 Å². The Labute approximate surface area is 142 Å². The van der Waals surface area contributed by atoms with Crippen molar-refractivity contribution in [2.45, 2.75) is 19.5 Å². The number of benzene rings is 2. The SMILES string of the molecule is O=C(OCc1ccccc1)C1(C(F)F)Cc2c(Cl)cccc2C1=O. The largest absolute Gasteiger partial charge is 0.460 e. The number of hydrogen-bond acceptors (Lipinski definition) is 3. The minimum absolute atomic E-state index is 0.0551. The number of fused-ring (bicyclic) bond motifs is 1. The van der Waals surface area contributed by atoms with Gasteiger partial charge in [-0.25, -0.2) is 8.78 Å². The van der Waals surface area contributed by atoms with Crippen LogP contribution in [0.4, 0.5) is 8.78 Å². The highest BCUT2D eigenvalue weighted by atomic mass is 35.5. The summed E-state index contributed by atoms with van der Waals surface area (Å²) in [4.78, 5) is 24.9. The summed E-state index contributed by atoms with van der Waals surface area (Å²) in [5.41, 5.74) is -1.56. The lowest BCUT2D eigenvalue weighted by molar-refractivity contribution is -0.161. The number of ketones is 1. The Morgan fingerprint density at radius 3 is 2.50 bits per heavy atom. The molecule has 0 fully saturated rings. The van der Waals surface area contributed by atoms with E-state index in [0.717, 1.165) is 0 Å². The van der Waals surface area contributed by atoms with Gasteiger partial charge >= 0.3 is 5.97 Å². The van der Waals surface area contributed by atoms with Crippen LogP contribution < -0.4 is 0 Å². The number of carbonyl (C=O) groups excluding carboxylic acids is 2. The third-order valence-electron chi connectivity index (χ3n) is 4.17. The standard InChI is InChI=1S/C18H13ClF2O3/c19-14-8-4-7-12-13(14)9-18(15(12)22,16(20)21)17(23)24-10-11-5-2-1-3-6-11/h1-8,16H,9-10H2. The molecule has 2 aromatic rings. The number of ether oxygens (including phenoxy) is 1. The zero-order valence-corrected chi connectivity index (χ0v) is 13.2. The zero-order chi connectivity index (χ0) is 17.3. The lowest BCUT2D eigenvalue weighted by Gasteiger charge is -2.24. The minimum atomic E-state index is -3.18. The molecule has 0 radical (unpaired) electrons. The monoisotopic (exact) mass is 350 g/mol. The lowest BCUT2D eigenvalue weighted by Crippen LogP contribution is -2.45. The van der Waals surface area contributed by atoms with Gasteiger partial charge < -0.3 is 4.74 Å². The van der Waals surface area contributed by atoms with Crippen LogP contribution in [-0.2, 0) is 22.6 Å². The molecule has 0 heterocycles. The second-order valence-corrected chi connectivity index (χ2v) is 6.01. The molecule has 0 bridgehead atoms. The second kappa shape index (κ2) is 6.32. The lowest BCUT2D eigenvalue weighted by atomic mass is 9.84. The highest BCUT2D eigenvalue weighted by molar-refractivity contribution is 6.33. The number of hydrogen-bond donors (Lipinski definition) is 0. The number of Topliss-reactive ketones (excluding diaryl/α,β-unsaturated/α-hetero) is 1. The smallest absolute Gasteiger partial charge is 0.326 e. The van der Waals surface area contributed by atoms with Gasteiger partial charge in [0.1, 0.15) is 6.61 Å². The van der Waals surface area contributed by atoms with Crippen molar-refractivity contribution in [2.24, 2.45) is 5.41 Å². The first kappa shape index (κ1) is 16.6. The summed E-state index contributed by atoms with van der Waals surface area (Å²) in [5.74, 6) is -2.16. The molecule has 6 heteroatoms. The molecule has 1 aliphatic rings. The average molecular weight is 351 g/mol. The predicted octanol–water partition coefficient (Wildman–Crippen LogP) is 4.07. The van der Waals surface area contributed by atoms with Crippen LogP contribution in [0.25, 0.3) is 0 Å². The molecule has 0 amide bonds. The first-order chi connectivity index (χ1) is 11.5. The van der Waals surface area contributed by atoms with Gasteiger partial charge in [-0.1, -0.05) is 54.1 Å². The summed E-state index contributed by atoms with van der Waals surface area (Å²) in [6.07, 6.45) is -3.64. The van der Waals surface area contributed by atoms with Crippen molar-refractivity contribution in [2.75, 3.05) is 0 Å². The van der Waals surface area contributed by atoms with E-state index in [1.54, 1.807) is 30.3 Å². The van der Waals surface area contributed by atoms with Crippen molar-refractivity contribution in [3.05, 3.63) is 70.2 Å². The summed E-state index contributed by atoms with van der Waals surface area (Å²) in [5, 5.41) is 0.194. The molecule has 3 rings (SSSR count). The van der Waals surface area contributed by atoms with Crippen LogP contribution in [0.5, 0.6) is 0 Å². The van der Waals surface area contributed by atoms with Crippen molar-refractivity contribution < 1.29 is 23.1 Å². The van der Waals surface area contributed by atoms with Gasteiger partial charge in [0.25, 0.3) is 6.43 Å². The van der Waals surface area contributed by atoms with Crippen molar-refractivity contribution in [1.82, 2.24) is 0 Å². The van der Waals surface area contributed by atoms with Gasteiger partial charge in [-0.05, 0) is 17.2 Å². The minimum Gasteiger partial charge on any atom is -0.460 e. The van der Waals surface area contributed by atoms with Gasteiger partial charge in [-0.2, -0.15) is 0 Å². The Hall–Kier alpha value is -2.27. The molecular formula is C18H13ClF2O3. The fourth-order valence-corrected chi connectivity index (χ4v) is 3.07. The van der Waals surface area contributed by atoms with Crippen molar-refractivity contribution in [1.29, 1.82) is 0 Å². The molecule has 0 aromatic heterocycles. The molecule has 2 aromatic carbocycles. The van der Waals surface area contributed by atoms with Crippen molar-refractivity contribution in [3.63, 3.8) is 0 Å². The molecule has 1 aliphatic carbocycles. The van der Waals surface area contributed by atoms with Crippen LogP contribution in [0.15, 0.2) is 48.5 Å². The number of carbonyl (C=O) groups is 2. The summed E-state index contributed by atoms with van der Waals surface area (Å²) >= 11 is 6.00. The van der Waals surface area contributed by atoms with Crippen LogP contribution in [0, 0.1) is 5.41 Å². The van der Waals surface area contributed by atoms with Crippen LogP contribution in [0.3, 0.4) is 0 Å². The molecule has 0 saturated heterocycles. The molecule has 0 spiro atoms. The third kappa shape index (κ3) is 2.59. The van der Waals surface area contributed by atoms with Crippen LogP contribution >= 0.6 is 11.6 Å². The first-order valence-corrected chi connectivity index (χ1v) is 7.66. The van der Waals surface area contributed by atoms with Crippen LogP contribution in [0.2, 0.25) is 5.02 Å². The average Bonchev–Trinajstić information content (AvgIpc) is 2.89. The third-order valence-corrected chi connectivity index (χ3v) is 4.53. The summed E-state index contributed by atoms with van der Waals surface area (Å²) < 4.78 is 32.5. The van der Waals surface area contributed by atoms with E-state index in [-0.39, 0.29) is 22.8 Å². The molecule has 1 unspecified atom stereocenters. The molecule has 0 N–H and O–H groups in total. The van der Waals surface area contributed by atoms with E-state index in [2.05, 4.69) is 0 Å². The Morgan fingerprint density at radius 1 is 1.17 bits per heavy atom. The maximum absolute atomic E-state index is 13.8. The fourth-order valence-electron chi connectivity index (χ4n) is 2.83. The highest BCUT2D eigenvalue weighted by Crippen LogP contribution is 2.45. The second-order valence-electron chi connectivity index (χ2n) is 5.61. The predicted molar refractivity (Wildman–Crippen MR) is 84.2 cm³/mol. The quantitative estimate of drug-likeness (QED) is 0.616. The van der Waals surface area contributed by atoms with E-state index in [0.29, 0.717) is 5.56 Å². The Kier molecular flexibility index (Phi) is 4.37. The molecule has 3 nitrogen and oxygen atoms in total. The Bertz CT molecular complexity index is 792. The number of rotatable bonds is 4. The Balaban J connectivity index is 1.89. The summed E-state index contributed by atoms with van der Waals surface area (Å²) in [6, 6.07) is 13.1. The van der Waals surface area contributed by atoms with Gasteiger partial charge in [-0.3, -0.25) is 9.59 Å². The van der Waals surface area contributed by atoms with E-state index in [4.69, 9.17) is 16.3 Å². The summed E-state index contributed by atoms with van der Waals surface area (Å²) in [7, 11) is 0. The zero-order valence-electron chi connectivity index (χ0n) is 12.5. The molecule has 1 atom stereocenters. The maximum atomic E-state index is 13.8. The molecule has 0 aliphatic heterocycles. The van der Waals surface area contributed by atoms with E-state index in [9.17, 15) is 18.4 Å². The van der Waals surface area contributed by atoms with Crippen molar-refractivity contribution >= 4 is 23.4 Å². The van der Waals surface area contributed by atoms with E-state index in [1.165, 1.54) is 18.2 Å². The first-order valence-electron chi connectivity index (χ1n) is 7.28. The van der Waals surface area contributed by atoms with Gasteiger partial charge in [0, 0.05) is 17.0 Å². The number of halogens is 3. The maximum Gasteiger partial charge on any atom is 0.326 e. The van der Waals surface area contributed by atoms with Gasteiger partial charge in [0.2, 0.25) is 0 Å². The topological polar surface area (TPSA) is 43.4 Å². The number of esters is 1. The highest BCUT2D eigenvalue weighted by Gasteiger charge is 2.60. The van der Waals surface area contributed by atoms with E-state index in [1.807, 2.05) is 0 Å². The van der Waals surface area contributed by atoms with E-state index < -0.39 is 30.0 Å². The van der Waals surface area contributed by atoms with E-state index >= 15 is 0 Å². The molecule has 0 saturated carbocycles. The van der Waals surface area contributed by atoms with Gasteiger partial charge in [-0.15, -0.1) is 0 Å². The van der Waals surface area contributed by atoms with Gasteiger partial charge in [0.15, 0.2) is 11.2 Å². The van der Waals surface area contributed by atoms with Gasteiger partial charge in [0.05, 0.1) is 0 Å². The molecular weight excluding hydrogens is 338 g/mol.